The summed E-state index contributed by atoms with van der Waals surface area (Å²) in [5.74, 6) is 0. The number of anilines is 1. The van der Waals surface area contributed by atoms with Gasteiger partial charge in [0.25, 0.3) is 0 Å². The van der Waals surface area contributed by atoms with Gasteiger partial charge in [0.1, 0.15) is 0 Å². The van der Waals surface area contributed by atoms with Crippen LogP contribution in [0.4, 0.5) is 10.5 Å². The number of amides is 2. The number of nitrogens with one attached hydrogen (secondary N) is 1. The Balaban J connectivity index is 1.41. The molecule has 132 valence electrons. The van der Waals surface area contributed by atoms with Crippen molar-refractivity contribution in [2.24, 2.45) is 0 Å². The molecular weight excluding hydrogens is 326 g/mol. The molecule has 0 spiro atoms. The second-order valence-corrected chi connectivity index (χ2v) is 6.46. The summed E-state index contributed by atoms with van der Waals surface area (Å²) < 4.78 is 1.87. The lowest BCUT2D eigenvalue weighted by Gasteiger charge is -2.25. The van der Waals surface area contributed by atoms with Crippen LogP contribution in [0, 0.1) is 0 Å². The first-order valence-corrected chi connectivity index (χ1v) is 8.83. The van der Waals surface area contributed by atoms with Gasteiger partial charge < -0.3 is 10.2 Å². The number of rotatable bonds is 4. The highest BCUT2D eigenvalue weighted by atomic mass is 16.2. The van der Waals surface area contributed by atoms with Crippen LogP contribution < -0.4 is 5.32 Å². The standard InChI is InChI=1S/C20H21N5O/c26-20(25-14-1-3-19(25)17-8-11-21-12-9-17)23-18-6-4-16(5-7-18)15-24-13-2-10-22-24/h2,4-13,19H,1,3,14-15H2,(H,23,26). The molecule has 1 aliphatic heterocycles. The predicted octanol–water partition coefficient (Wildman–Crippen LogP) is 3.70. The molecule has 3 aromatic rings. The maximum Gasteiger partial charge on any atom is 0.322 e. The SMILES string of the molecule is O=C(Nc1ccc(Cn2cccn2)cc1)N1CCCC1c1ccncc1. The van der Waals surface area contributed by atoms with E-state index in [0.717, 1.165) is 42.7 Å². The van der Waals surface area contributed by atoms with Crippen LogP contribution in [0.3, 0.4) is 0 Å². The second-order valence-electron chi connectivity index (χ2n) is 6.46. The van der Waals surface area contributed by atoms with Crippen molar-refractivity contribution in [3.63, 3.8) is 0 Å². The maximum absolute atomic E-state index is 12.7. The van der Waals surface area contributed by atoms with Gasteiger partial charge >= 0.3 is 6.03 Å². The van der Waals surface area contributed by atoms with Crippen molar-refractivity contribution in [2.75, 3.05) is 11.9 Å². The Bertz CT molecular complexity index is 846. The van der Waals surface area contributed by atoms with E-state index in [4.69, 9.17) is 0 Å². The largest absolute Gasteiger partial charge is 0.322 e. The van der Waals surface area contributed by atoms with Crippen LogP contribution in [-0.2, 0) is 6.54 Å². The number of benzene rings is 1. The van der Waals surface area contributed by atoms with Crippen LogP contribution in [0.2, 0.25) is 0 Å². The van der Waals surface area contributed by atoms with Crippen molar-refractivity contribution in [3.05, 3.63) is 78.4 Å². The first-order valence-electron chi connectivity index (χ1n) is 8.83. The zero-order chi connectivity index (χ0) is 17.8. The van der Waals surface area contributed by atoms with Gasteiger partial charge in [0.15, 0.2) is 0 Å². The highest BCUT2D eigenvalue weighted by molar-refractivity contribution is 5.89. The van der Waals surface area contributed by atoms with Crippen LogP contribution in [0.25, 0.3) is 0 Å². The molecule has 26 heavy (non-hydrogen) atoms. The number of hydrogen-bond acceptors (Lipinski definition) is 3. The quantitative estimate of drug-likeness (QED) is 0.783. The zero-order valence-electron chi connectivity index (χ0n) is 14.5. The molecule has 3 heterocycles. The molecule has 1 aliphatic rings. The van der Waals surface area contributed by atoms with Crippen molar-refractivity contribution in [2.45, 2.75) is 25.4 Å². The summed E-state index contributed by atoms with van der Waals surface area (Å²) in [5.41, 5.74) is 3.09. The fourth-order valence-corrected chi connectivity index (χ4v) is 3.41. The van der Waals surface area contributed by atoms with E-state index in [9.17, 15) is 4.79 Å². The fraction of sp³-hybridized carbons (Fsp3) is 0.250. The number of nitrogens with zero attached hydrogens (tertiary/aromatic N) is 4. The molecule has 1 unspecified atom stereocenters. The van der Waals surface area contributed by atoms with Crippen molar-refractivity contribution < 1.29 is 4.79 Å². The van der Waals surface area contributed by atoms with Gasteiger partial charge in [0, 0.05) is 37.0 Å². The molecule has 0 saturated carbocycles. The molecule has 0 radical (unpaired) electrons. The molecule has 1 fully saturated rings. The Morgan fingerprint density at radius 2 is 1.92 bits per heavy atom. The van der Waals surface area contributed by atoms with Gasteiger partial charge in [0.05, 0.1) is 12.6 Å². The molecule has 6 heteroatoms. The molecule has 1 atom stereocenters. The smallest absolute Gasteiger partial charge is 0.317 e. The van der Waals surface area contributed by atoms with E-state index in [1.807, 2.05) is 58.2 Å². The third-order valence-corrected chi connectivity index (χ3v) is 4.71. The lowest BCUT2D eigenvalue weighted by molar-refractivity contribution is 0.207. The molecule has 1 saturated heterocycles. The molecular formula is C20H21N5O. The summed E-state index contributed by atoms with van der Waals surface area (Å²) in [5, 5.41) is 7.23. The van der Waals surface area contributed by atoms with Crippen LogP contribution in [0.5, 0.6) is 0 Å². The highest BCUT2D eigenvalue weighted by Gasteiger charge is 2.29. The number of carbonyl (C=O) groups is 1. The van der Waals surface area contributed by atoms with Gasteiger partial charge in [-0.1, -0.05) is 12.1 Å². The monoisotopic (exact) mass is 347 g/mol. The minimum atomic E-state index is -0.0517. The van der Waals surface area contributed by atoms with Crippen LogP contribution in [0.1, 0.15) is 30.0 Å². The first kappa shape index (κ1) is 16.3. The Labute approximate surface area is 152 Å². The first-order chi connectivity index (χ1) is 12.8. The number of likely N-dealkylation sites (tertiary alicyclic amines) is 1. The van der Waals surface area contributed by atoms with E-state index in [0.29, 0.717) is 0 Å². The van der Waals surface area contributed by atoms with E-state index in [-0.39, 0.29) is 12.1 Å². The van der Waals surface area contributed by atoms with E-state index in [2.05, 4.69) is 15.4 Å². The number of hydrogen-bond donors (Lipinski definition) is 1. The molecule has 0 bridgehead atoms. The summed E-state index contributed by atoms with van der Waals surface area (Å²) in [6.07, 6.45) is 9.26. The normalized spacial score (nSPS) is 16.6. The third kappa shape index (κ3) is 3.59. The maximum atomic E-state index is 12.7. The molecule has 2 amide bonds. The Morgan fingerprint density at radius 1 is 1.12 bits per heavy atom. The molecule has 2 aromatic heterocycles. The Kier molecular flexibility index (Phi) is 4.64. The summed E-state index contributed by atoms with van der Waals surface area (Å²) in [4.78, 5) is 18.7. The molecule has 1 aromatic carbocycles. The topological polar surface area (TPSA) is 63.1 Å². The minimum absolute atomic E-state index is 0.0517. The third-order valence-electron chi connectivity index (χ3n) is 4.71. The van der Waals surface area contributed by atoms with Gasteiger partial charge in [-0.25, -0.2) is 4.79 Å². The fourth-order valence-electron chi connectivity index (χ4n) is 3.41. The average molecular weight is 347 g/mol. The summed E-state index contributed by atoms with van der Waals surface area (Å²) in [6, 6.07) is 13.9. The van der Waals surface area contributed by atoms with Gasteiger partial charge in [-0.05, 0) is 54.3 Å². The molecule has 0 aliphatic carbocycles. The average Bonchev–Trinajstić information content (AvgIpc) is 3.36. The number of aromatic nitrogens is 3. The minimum Gasteiger partial charge on any atom is -0.317 e. The van der Waals surface area contributed by atoms with Gasteiger partial charge in [-0.15, -0.1) is 0 Å². The van der Waals surface area contributed by atoms with Gasteiger partial charge in [-0.2, -0.15) is 5.10 Å². The lowest BCUT2D eigenvalue weighted by Crippen LogP contribution is -2.34. The Morgan fingerprint density at radius 3 is 2.65 bits per heavy atom. The Hall–Kier alpha value is -3.15. The van der Waals surface area contributed by atoms with Crippen LogP contribution in [0.15, 0.2) is 67.3 Å². The highest BCUT2D eigenvalue weighted by Crippen LogP contribution is 2.32. The molecule has 4 rings (SSSR count). The second kappa shape index (κ2) is 7.39. The number of pyridine rings is 1. The van der Waals surface area contributed by atoms with Crippen molar-refractivity contribution in [1.82, 2.24) is 19.7 Å². The van der Waals surface area contributed by atoms with Crippen LogP contribution >= 0.6 is 0 Å². The number of urea groups is 1. The summed E-state index contributed by atoms with van der Waals surface area (Å²) >= 11 is 0. The van der Waals surface area contributed by atoms with E-state index >= 15 is 0 Å². The lowest BCUT2D eigenvalue weighted by atomic mass is 10.1. The van der Waals surface area contributed by atoms with Gasteiger partial charge in [0.2, 0.25) is 0 Å². The molecule has 1 N–H and O–H groups in total. The van der Waals surface area contributed by atoms with Crippen molar-refractivity contribution >= 4 is 11.7 Å². The predicted molar refractivity (Wildman–Crippen MR) is 99.7 cm³/mol. The summed E-state index contributed by atoms with van der Waals surface area (Å²) in [6.45, 7) is 1.49. The van der Waals surface area contributed by atoms with Crippen molar-refractivity contribution in [3.8, 4) is 0 Å². The van der Waals surface area contributed by atoms with Gasteiger partial charge in [-0.3, -0.25) is 9.67 Å². The summed E-state index contributed by atoms with van der Waals surface area (Å²) in [7, 11) is 0. The van der Waals surface area contributed by atoms with Crippen molar-refractivity contribution in [1.29, 1.82) is 0 Å². The molecule has 6 nitrogen and oxygen atoms in total. The zero-order valence-corrected chi connectivity index (χ0v) is 14.5. The van der Waals surface area contributed by atoms with Crippen LogP contribution in [-0.4, -0.2) is 32.2 Å². The number of carbonyl (C=O) groups excluding carboxylic acids is 1. The van der Waals surface area contributed by atoms with E-state index in [1.54, 1.807) is 18.6 Å². The van der Waals surface area contributed by atoms with E-state index < -0.39 is 0 Å². The van der Waals surface area contributed by atoms with E-state index in [1.165, 1.54) is 0 Å².